The van der Waals surface area contributed by atoms with Crippen LogP contribution in [0.2, 0.25) is 0 Å². The number of aromatic amines is 1. The average Bonchev–Trinajstić information content (AvgIpc) is 3.88. The molecule has 3 aromatic carbocycles. The molecule has 3 aliphatic rings. The number of amides is 5. The lowest BCUT2D eigenvalue weighted by atomic mass is 9.97. The summed E-state index contributed by atoms with van der Waals surface area (Å²) in [4.78, 5) is 55.9. The molecule has 3 aliphatic heterocycles. The van der Waals surface area contributed by atoms with Gasteiger partial charge in [-0.2, -0.15) is 13.2 Å². The molecule has 0 bridgehead atoms. The van der Waals surface area contributed by atoms with E-state index in [1.54, 1.807) is 6.07 Å². The zero-order chi connectivity index (χ0) is 42.3. The number of aromatic nitrogens is 1. The normalized spacial score (nSPS) is 19.0. The number of H-pyrrole nitrogens is 1. The molecular formula is C44H51F3N8O5. The Hall–Kier alpha value is -5.77. The summed E-state index contributed by atoms with van der Waals surface area (Å²) in [5, 5.41) is 19.3. The van der Waals surface area contributed by atoms with Crippen LogP contribution in [-0.4, -0.2) is 71.6 Å². The number of nitrogens with zero attached hydrogens (tertiary/aromatic N) is 3. The highest BCUT2D eigenvalue weighted by Gasteiger charge is 2.65. The number of benzene rings is 3. The molecule has 7 rings (SSSR count). The number of carbonyl (C=O) groups is 4. The minimum Gasteiger partial charge on any atom is -0.367 e. The van der Waals surface area contributed by atoms with E-state index in [4.69, 9.17) is 4.74 Å². The monoisotopic (exact) mass is 828 g/mol. The Morgan fingerprint density at radius 1 is 0.900 bits per heavy atom. The largest absolute Gasteiger partial charge is 0.442 e. The molecule has 5 N–H and O–H groups in total. The molecule has 16 heteroatoms. The number of unbranched alkanes of at least 4 members (excludes halogenated alkanes) is 4. The molecule has 1 saturated heterocycles. The van der Waals surface area contributed by atoms with Crippen molar-refractivity contribution in [3.8, 4) is 0 Å². The van der Waals surface area contributed by atoms with Crippen LogP contribution in [-0.2, 0) is 37.7 Å². The van der Waals surface area contributed by atoms with Gasteiger partial charge in [-0.3, -0.25) is 14.4 Å². The fourth-order valence-corrected chi connectivity index (χ4v) is 8.07. The van der Waals surface area contributed by atoms with Crippen molar-refractivity contribution < 1.29 is 37.1 Å². The number of nitrogens with one attached hydrogen (secondary N) is 5. The molecule has 13 nitrogen and oxygen atoms in total. The van der Waals surface area contributed by atoms with Crippen LogP contribution in [0, 0.1) is 0 Å². The van der Waals surface area contributed by atoms with Gasteiger partial charge >= 0.3 is 17.9 Å². The second-order valence-corrected chi connectivity index (χ2v) is 15.8. The molecule has 0 radical (unpaired) electrons. The van der Waals surface area contributed by atoms with Crippen LogP contribution in [0.5, 0.6) is 0 Å². The third-order valence-electron chi connectivity index (χ3n) is 11.4. The van der Waals surface area contributed by atoms with Gasteiger partial charge < -0.3 is 35.9 Å². The van der Waals surface area contributed by atoms with Crippen LogP contribution in [0.3, 0.4) is 0 Å². The van der Waals surface area contributed by atoms with Gasteiger partial charge in [0.25, 0.3) is 0 Å². The van der Waals surface area contributed by atoms with E-state index in [0.29, 0.717) is 50.1 Å². The predicted molar refractivity (Wildman–Crippen MR) is 219 cm³/mol. The molecule has 1 aromatic heterocycles. The molecule has 0 aliphatic carbocycles. The van der Waals surface area contributed by atoms with Gasteiger partial charge in [0.2, 0.25) is 17.7 Å². The van der Waals surface area contributed by atoms with Crippen molar-refractivity contribution in [3.05, 3.63) is 101 Å². The van der Waals surface area contributed by atoms with Crippen LogP contribution in [0.4, 0.5) is 23.7 Å². The molecule has 0 saturated carbocycles. The van der Waals surface area contributed by atoms with E-state index < -0.39 is 17.7 Å². The Bertz CT molecular complexity index is 2200. The summed E-state index contributed by atoms with van der Waals surface area (Å²) in [5.41, 5.74) is 2.48. The standard InChI is InChI=1S/C44H51F3N8O5/c1-28-35(52-42(59)49-28)14-4-2-5-16-37(56)48-23-9-3-6-17-39(58)55(26-29-18-20-31(21-19-29)43(53-54-43)44(45,46)47)27-38(57)50-32-12-10-11-30(25-32)41-40-34(22-24-60-41)33-13-7-8-15-36(33)51-40/h7-8,10-13,15,18-21,25,28,35,41,51H,2-6,9,14,16-17,22-24,26-27H2,1H3,(H,48,56)(H,50,57)(H2,49,52,59)/t28-,35+,41?/m0/s1. The van der Waals surface area contributed by atoms with Crippen molar-refractivity contribution in [2.45, 2.75) is 108 Å². The summed E-state index contributed by atoms with van der Waals surface area (Å²) in [5.74, 6) is -0.738. The Labute approximate surface area is 346 Å². The molecule has 4 aromatic rings. The van der Waals surface area contributed by atoms with Gasteiger partial charge in [-0.05, 0) is 73.9 Å². The van der Waals surface area contributed by atoms with Gasteiger partial charge in [-0.15, -0.1) is 10.2 Å². The van der Waals surface area contributed by atoms with Gasteiger partial charge in [-0.25, -0.2) is 4.79 Å². The van der Waals surface area contributed by atoms with Crippen LogP contribution in [0.1, 0.15) is 98.8 Å². The number of anilines is 1. The number of fused-ring (bicyclic) bond motifs is 3. The fraction of sp³-hybridized carbons (Fsp3) is 0.455. The van der Waals surface area contributed by atoms with Crippen molar-refractivity contribution in [2.75, 3.05) is 25.0 Å². The van der Waals surface area contributed by atoms with E-state index in [-0.39, 0.29) is 61.1 Å². The quantitative estimate of drug-likeness (QED) is 0.0611. The summed E-state index contributed by atoms with van der Waals surface area (Å²) in [6.07, 6.45) is 1.63. The average molecular weight is 829 g/mol. The smallest absolute Gasteiger partial charge is 0.367 e. The van der Waals surface area contributed by atoms with Crippen molar-refractivity contribution in [2.24, 2.45) is 10.2 Å². The van der Waals surface area contributed by atoms with Crippen molar-refractivity contribution in [1.82, 2.24) is 25.8 Å². The summed E-state index contributed by atoms with van der Waals surface area (Å²) in [6.45, 7) is 2.72. The maximum Gasteiger partial charge on any atom is 0.442 e. The third-order valence-corrected chi connectivity index (χ3v) is 11.4. The van der Waals surface area contributed by atoms with Crippen LogP contribution < -0.4 is 21.3 Å². The SMILES string of the molecule is C[C@@H]1NC(=O)N[C@@H]1CCCCCC(=O)NCCCCCC(=O)N(CC(=O)Nc1cccc(C2OCCc3c2[nH]c2ccccc32)c1)Cc1ccc(C2(C(F)(F)F)N=N2)cc1. The van der Waals surface area contributed by atoms with Crippen molar-refractivity contribution in [1.29, 1.82) is 0 Å². The number of ether oxygens (including phenoxy) is 1. The summed E-state index contributed by atoms with van der Waals surface area (Å²) in [7, 11) is 0. The molecule has 5 amide bonds. The summed E-state index contributed by atoms with van der Waals surface area (Å²) in [6, 6.07) is 21.2. The van der Waals surface area contributed by atoms with E-state index in [1.165, 1.54) is 34.7 Å². The molecule has 318 valence electrons. The van der Waals surface area contributed by atoms with Gasteiger partial charge in [0.05, 0.1) is 18.3 Å². The van der Waals surface area contributed by atoms with E-state index >= 15 is 0 Å². The predicted octanol–water partition coefficient (Wildman–Crippen LogP) is 7.68. The van der Waals surface area contributed by atoms with Crippen LogP contribution in [0.15, 0.2) is 83.0 Å². The molecule has 60 heavy (non-hydrogen) atoms. The first kappa shape index (κ1) is 42.4. The van der Waals surface area contributed by atoms with Gasteiger partial charge in [-0.1, -0.05) is 73.9 Å². The molecule has 3 atom stereocenters. The van der Waals surface area contributed by atoms with E-state index in [9.17, 15) is 32.3 Å². The number of hydrogen-bond acceptors (Lipinski definition) is 7. The lowest BCUT2D eigenvalue weighted by Gasteiger charge is -2.25. The number of urea groups is 1. The first-order valence-electron chi connectivity index (χ1n) is 20.7. The molecule has 1 fully saturated rings. The lowest BCUT2D eigenvalue weighted by Crippen LogP contribution is -2.37. The van der Waals surface area contributed by atoms with E-state index in [1.807, 2.05) is 43.3 Å². The van der Waals surface area contributed by atoms with Crippen molar-refractivity contribution >= 4 is 40.3 Å². The second kappa shape index (κ2) is 18.7. The minimum atomic E-state index is -4.66. The number of alkyl halides is 3. The molecule has 4 heterocycles. The zero-order valence-corrected chi connectivity index (χ0v) is 33.6. The lowest BCUT2D eigenvalue weighted by molar-refractivity contribution is -0.166. The van der Waals surface area contributed by atoms with Gasteiger partial charge in [0, 0.05) is 54.1 Å². The maximum atomic E-state index is 13.6. The third kappa shape index (κ3) is 10.1. The molecular weight excluding hydrogens is 778 g/mol. The zero-order valence-electron chi connectivity index (χ0n) is 33.6. The van der Waals surface area contributed by atoms with Crippen LogP contribution in [0.25, 0.3) is 10.9 Å². The first-order valence-corrected chi connectivity index (χ1v) is 20.7. The highest BCUT2D eigenvalue weighted by molar-refractivity contribution is 5.94. The number of halogens is 3. The number of para-hydroxylation sites is 1. The molecule has 0 spiro atoms. The number of carbonyl (C=O) groups excluding carboxylic acids is 4. The molecule has 1 unspecified atom stereocenters. The van der Waals surface area contributed by atoms with Crippen LogP contribution >= 0.6 is 0 Å². The topological polar surface area (TPSA) is 169 Å². The number of rotatable bonds is 19. The van der Waals surface area contributed by atoms with Gasteiger partial charge in [0.15, 0.2) is 0 Å². The Morgan fingerprint density at radius 2 is 1.67 bits per heavy atom. The minimum absolute atomic E-state index is 0.000214. The summed E-state index contributed by atoms with van der Waals surface area (Å²) >= 11 is 0. The highest BCUT2D eigenvalue weighted by atomic mass is 19.4. The maximum absolute atomic E-state index is 13.6. The summed E-state index contributed by atoms with van der Waals surface area (Å²) < 4.78 is 47.0. The first-order chi connectivity index (χ1) is 28.9. The van der Waals surface area contributed by atoms with Crippen molar-refractivity contribution in [3.63, 3.8) is 0 Å². The highest BCUT2D eigenvalue weighted by Crippen LogP contribution is 2.52. The Morgan fingerprint density at radius 3 is 2.42 bits per heavy atom. The Kier molecular flexibility index (Phi) is 13.2. The fourth-order valence-electron chi connectivity index (χ4n) is 8.07. The van der Waals surface area contributed by atoms with E-state index in [0.717, 1.165) is 54.3 Å². The Balaban J connectivity index is 0.911. The number of hydrogen-bond donors (Lipinski definition) is 5. The van der Waals surface area contributed by atoms with Gasteiger partial charge in [0.1, 0.15) is 12.6 Å². The second-order valence-electron chi connectivity index (χ2n) is 15.8. The van der Waals surface area contributed by atoms with E-state index in [2.05, 4.69) is 42.5 Å².